The molecule has 25 heavy (non-hydrogen) atoms. The lowest BCUT2D eigenvalue weighted by Crippen LogP contribution is -2.61. The van der Waals surface area contributed by atoms with E-state index in [2.05, 4.69) is 6.92 Å². The predicted molar refractivity (Wildman–Crippen MR) is 99.2 cm³/mol. The Morgan fingerprint density at radius 1 is 1.16 bits per heavy atom. The molecule has 1 aromatic rings. The van der Waals surface area contributed by atoms with Gasteiger partial charge in [0.25, 0.3) is 5.91 Å². The van der Waals surface area contributed by atoms with Crippen LogP contribution in [0.1, 0.15) is 51.0 Å². The SMILES string of the molecule is CCCCCCCCS(=O)(=O)C(N)(Cc1ccc(Cl)cc1)C(=O)NO. The van der Waals surface area contributed by atoms with Crippen LogP contribution in [-0.2, 0) is 21.1 Å². The molecule has 1 amide bonds. The van der Waals surface area contributed by atoms with E-state index >= 15 is 0 Å². The van der Waals surface area contributed by atoms with E-state index in [0.717, 1.165) is 32.1 Å². The fourth-order valence-electron chi connectivity index (χ4n) is 2.59. The van der Waals surface area contributed by atoms with Gasteiger partial charge in [-0.1, -0.05) is 62.8 Å². The minimum Gasteiger partial charge on any atom is -0.304 e. The monoisotopic (exact) mass is 390 g/mol. The van der Waals surface area contributed by atoms with E-state index in [1.54, 1.807) is 24.3 Å². The van der Waals surface area contributed by atoms with Gasteiger partial charge in [0.1, 0.15) is 0 Å². The average molecular weight is 391 g/mol. The van der Waals surface area contributed by atoms with E-state index in [-0.39, 0.29) is 12.2 Å². The van der Waals surface area contributed by atoms with E-state index in [1.807, 2.05) is 0 Å². The predicted octanol–water partition coefficient (Wildman–Crippen LogP) is 2.82. The van der Waals surface area contributed by atoms with Gasteiger partial charge in [-0.3, -0.25) is 10.0 Å². The minimum absolute atomic E-state index is 0.198. The maximum absolute atomic E-state index is 12.7. The van der Waals surface area contributed by atoms with Crippen molar-refractivity contribution in [3.63, 3.8) is 0 Å². The number of unbranched alkanes of at least 4 members (excludes halogenated alkanes) is 5. The number of nitrogens with one attached hydrogen (secondary N) is 1. The van der Waals surface area contributed by atoms with Crippen molar-refractivity contribution in [1.29, 1.82) is 0 Å². The minimum atomic E-state index is -3.96. The van der Waals surface area contributed by atoms with Gasteiger partial charge in [-0.15, -0.1) is 0 Å². The number of nitrogens with two attached hydrogens (primary N) is 1. The van der Waals surface area contributed by atoms with Crippen molar-refractivity contribution in [2.75, 3.05) is 5.75 Å². The smallest absolute Gasteiger partial charge is 0.279 e. The number of hydrogen-bond acceptors (Lipinski definition) is 5. The molecule has 0 spiro atoms. The molecule has 0 aliphatic carbocycles. The lowest BCUT2D eigenvalue weighted by atomic mass is 10.1. The molecule has 1 aromatic carbocycles. The van der Waals surface area contributed by atoms with E-state index in [4.69, 9.17) is 22.5 Å². The first-order chi connectivity index (χ1) is 11.8. The summed E-state index contributed by atoms with van der Waals surface area (Å²) in [5.74, 6) is -1.33. The number of amides is 1. The van der Waals surface area contributed by atoms with Gasteiger partial charge >= 0.3 is 0 Å². The number of hydroxylamine groups is 1. The molecule has 4 N–H and O–H groups in total. The van der Waals surface area contributed by atoms with Crippen molar-refractivity contribution in [3.05, 3.63) is 34.9 Å². The van der Waals surface area contributed by atoms with Gasteiger partial charge in [0.05, 0.1) is 5.75 Å². The molecule has 0 aromatic heterocycles. The standard InChI is InChI=1S/C17H27ClN2O4S/c1-2-3-4-5-6-7-12-25(23,24)17(19,16(21)20-22)13-14-8-10-15(18)11-9-14/h8-11,22H,2-7,12-13,19H2,1H3,(H,20,21). The summed E-state index contributed by atoms with van der Waals surface area (Å²) in [5, 5.41) is 9.45. The molecule has 0 saturated heterocycles. The molecular weight excluding hydrogens is 364 g/mol. The number of sulfone groups is 1. The highest BCUT2D eigenvalue weighted by molar-refractivity contribution is 7.93. The third-order valence-corrected chi connectivity index (χ3v) is 6.71. The number of hydrogen-bond donors (Lipinski definition) is 3. The molecule has 0 saturated carbocycles. The maximum atomic E-state index is 12.7. The van der Waals surface area contributed by atoms with Crippen molar-refractivity contribution < 1.29 is 18.4 Å². The maximum Gasteiger partial charge on any atom is 0.279 e. The van der Waals surface area contributed by atoms with Crippen LogP contribution in [0, 0.1) is 0 Å². The van der Waals surface area contributed by atoms with Gasteiger partial charge in [-0.25, -0.2) is 13.9 Å². The number of rotatable bonds is 11. The average Bonchev–Trinajstić information content (AvgIpc) is 2.59. The van der Waals surface area contributed by atoms with Crippen LogP contribution < -0.4 is 11.2 Å². The number of carbonyl (C=O) groups is 1. The Hall–Kier alpha value is -1.15. The first kappa shape index (κ1) is 21.9. The molecule has 0 heterocycles. The van der Waals surface area contributed by atoms with Crippen molar-refractivity contribution in [3.8, 4) is 0 Å². The number of halogens is 1. The molecular formula is C17H27ClN2O4S. The summed E-state index contributed by atoms with van der Waals surface area (Å²) in [5.41, 5.74) is 7.91. The Kier molecular flexibility index (Phi) is 8.85. The Balaban J connectivity index is 2.84. The summed E-state index contributed by atoms with van der Waals surface area (Å²) in [6.45, 7) is 2.11. The Bertz CT molecular complexity index is 649. The van der Waals surface area contributed by atoms with Crippen LogP contribution >= 0.6 is 11.6 Å². The molecule has 8 heteroatoms. The molecule has 0 aliphatic heterocycles. The fourth-order valence-corrected chi connectivity index (χ4v) is 4.38. The molecule has 1 atom stereocenters. The van der Waals surface area contributed by atoms with Crippen LogP contribution in [0.15, 0.2) is 24.3 Å². The third-order valence-electron chi connectivity index (χ3n) is 4.19. The topological polar surface area (TPSA) is 109 Å². The van der Waals surface area contributed by atoms with E-state index in [1.165, 1.54) is 5.48 Å². The summed E-state index contributed by atoms with van der Waals surface area (Å²) < 4.78 is 25.4. The molecule has 1 unspecified atom stereocenters. The zero-order valence-corrected chi connectivity index (χ0v) is 16.1. The quantitative estimate of drug-likeness (QED) is 0.306. The summed E-state index contributed by atoms with van der Waals surface area (Å²) >= 11 is 5.81. The van der Waals surface area contributed by atoms with E-state index in [9.17, 15) is 13.2 Å². The van der Waals surface area contributed by atoms with E-state index in [0.29, 0.717) is 17.0 Å². The highest BCUT2D eigenvalue weighted by atomic mass is 35.5. The lowest BCUT2D eigenvalue weighted by Gasteiger charge is -2.27. The summed E-state index contributed by atoms with van der Waals surface area (Å²) in [4.78, 5) is 9.81. The summed E-state index contributed by atoms with van der Waals surface area (Å²) in [6, 6.07) is 6.40. The third kappa shape index (κ3) is 6.26. The van der Waals surface area contributed by atoms with Crippen molar-refractivity contribution >= 4 is 27.3 Å². The molecule has 1 rings (SSSR count). The van der Waals surface area contributed by atoms with Gasteiger partial charge in [0.15, 0.2) is 9.84 Å². The summed E-state index contributed by atoms with van der Waals surface area (Å²) in [7, 11) is -3.96. The van der Waals surface area contributed by atoms with Crippen molar-refractivity contribution in [1.82, 2.24) is 5.48 Å². The zero-order valence-electron chi connectivity index (χ0n) is 14.5. The molecule has 0 radical (unpaired) electrons. The van der Waals surface area contributed by atoms with Gasteiger partial charge in [0, 0.05) is 11.4 Å². The van der Waals surface area contributed by atoms with Gasteiger partial charge in [0.2, 0.25) is 4.87 Å². The number of benzene rings is 1. The van der Waals surface area contributed by atoms with Crippen LogP contribution in [0.4, 0.5) is 0 Å². The van der Waals surface area contributed by atoms with Gasteiger partial charge in [-0.2, -0.15) is 0 Å². The summed E-state index contributed by atoms with van der Waals surface area (Å²) in [6.07, 6.45) is 5.20. The second-order valence-corrected chi connectivity index (χ2v) is 9.02. The molecule has 0 aliphatic rings. The molecule has 142 valence electrons. The van der Waals surface area contributed by atoms with Crippen LogP contribution in [-0.4, -0.2) is 30.2 Å². The van der Waals surface area contributed by atoms with Crippen LogP contribution in [0.2, 0.25) is 5.02 Å². The second-order valence-electron chi connectivity index (χ2n) is 6.22. The highest BCUT2D eigenvalue weighted by Gasteiger charge is 2.46. The Morgan fingerprint density at radius 3 is 2.28 bits per heavy atom. The Labute approximate surface area is 154 Å². The molecule has 0 fully saturated rings. The zero-order chi connectivity index (χ0) is 18.9. The van der Waals surface area contributed by atoms with Gasteiger partial charge in [-0.05, 0) is 24.1 Å². The van der Waals surface area contributed by atoms with Crippen LogP contribution in [0.25, 0.3) is 0 Å². The van der Waals surface area contributed by atoms with Crippen molar-refractivity contribution in [2.45, 2.75) is 56.7 Å². The molecule has 6 nitrogen and oxygen atoms in total. The van der Waals surface area contributed by atoms with Crippen LogP contribution in [0.3, 0.4) is 0 Å². The second kappa shape index (κ2) is 10.1. The van der Waals surface area contributed by atoms with E-state index < -0.39 is 20.6 Å². The normalized spacial score (nSPS) is 14.1. The largest absolute Gasteiger partial charge is 0.304 e. The van der Waals surface area contributed by atoms with Crippen LogP contribution in [0.5, 0.6) is 0 Å². The first-order valence-corrected chi connectivity index (χ1v) is 10.5. The van der Waals surface area contributed by atoms with Crippen molar-refractivity contribution in [2.24, 2.45) is 5.73 Å². The highest BCUT2D eigenvalue weighted by Crippen LogP contribution is 2.22. The first-order valence-electron chi connectivity index (χ1n) is 8.47. The molecule has 0 bridgehead atoms. The van der Waals surface area contributed by atoms with Gasteiger partial charge < -0.3 is 5.73 Å². The fraction of sp³-hybridized carbons (Fsp3) is 0.588. The lowest BCUT2D eigenvalue weighted by molar-refractivity contribution is -0.131. The Morgan fingerprint density at radius 2 is 1.72 bits per heavy atom. The number of carbonyl (C=O) groups excluding carboxylic acids is 1.